The largest absolute Gasteiger partial charge is 0.384 e. The molecule has 0 radical (unpaired) electrons. The second-order valence-corrected chi connectivity index (χ2v) is 4.86. The van der Waals surface area contributed by atoms with Crippen molar-refractivity contribution in [1.82, 2.24) is 0 Å². The molecule has 1 atom stereocenters. The Kier molecular flexibility index (Phi) is 4.05. The van der Waals surface area contributed by atoms with Gasteiger partial charge >= 0.3 is 0 Å². The minimum absolute atomic E-state index is 0.645. The van der Waals surface area contributed by atoms with Gasteiger partial charge in [-0.1, -0.05) is 61.0 Å². The Morgan fingerprint density at radius 3 is 2.61 bits per heavy atom. The van der Waals surface area contributed by atoms with Gasteiger partial charge in [0.15, 0.2) is 0 Å². The summed E-state index contributed by atoms with van der Waals surface area (Å²) in [5, 5.41) is 11.1. The van der Waals surface area contributed by atoms with E-state index in [1.807, 2.05) is 43.3 Å². The number of aryl methyl sites for hydroxylation is 2. The lowest BCUT2D eigenvalue weighted by Gasteiger charge is -2.15. The third-order valence-electron chi connectivity index (χ3n) is 3.19. The van der Waals surface area contributed by atoms with Gasteiger partial charge in [0.25, 0.3) is 0 Å². The molecule has 2 aromatic rings. The molecule has 1 unspecified atom stereocenters. The minimum Gasteiger partial charge on any atom is -0.384 e. The van der Waals surface area contributed by atoms with E-state index in [0.29, 0.717) is 5.02 Å². The molecule has 0 saturated carbocycles. The summed E-state index contributed by atoms with van der Waals surface area (Å²) in [6.45, 7) is 4.05. The SMILES string of the molecule is CCc1cccc(C(O)c2cccc(C)c2Cl)c1. The van der Waals surface area contributed by atoms with Crippen molar-refractivity contribution in [2.24, 2.45) is 0 Å². The summed E-state index contributed by atoms with van der Waals surface area (Å²) >= 11 is 6.25. The number of benzene rings is 2. The van der Waals surface area contributed by atoms with Crippen LogP contribution in [0.15, 0.2) is 42.5 Å². The molecule has 0 aromatic heterocycles. The predicted molar refractivity (Wildman–Crippen MR) is 76.1 cm³/mol. The van der Waals surface area contributed by atoms with Crippen LogP contribution in [0.1, 0.15) is 35.3 Å². The molecule has 2 rings (SSSR count). The van der Waals surface area contributed by atoms with Gasteiger partial charge in [0.2, 0.25) is 0 Å². The predicted octanol–water partition coefficient (Wildman–Crippen LogP) is 4.29. The first-order chi connectivity index (χ1) is 8.63. The molecule has 0 aliphatic heterocycles. The lowest BCUT2D eigenvalue weighted by atomic mass is 9.98. The smallest absolute Gasteiger partial charge is 0.106 e. The van der Waals surface area contributed by atoms with Gasteiger partial charge in [-0.05, 0) is 30.0 Å². The Morgan fingerprint density at radius 2 is 1.89 bits per heavy atom. The van der Waals surface area contributed by atoms with Crippen LogP contribution in [0, 0.1) is 6.92 Å². The first-order valence-electron chi connectivity index (χ1n) is 6.15. The maximum absolute atomic E-state index is 10.4. The van der Waals surface area contributed by atoms with Crippen molar-refractivity contribution in [3.8, 4) is 0 Å². The standard InChI is InChI=1S/C16H17ClO/c1-3-12-7-5-8-13(10-12)16(18)14-9-4-6-11(2)15(14)17/h4-10,16,18H,3H2,1-2H3. The summed E-state index contributed by atoms with van der Waals surface area (Å²) in [5.74, 6) is 0. The molecule has 2 aromatic carbocycles. The lowest BCUT2D eigenvalue weighted by molar-refractivity contribution is 0.220. The van der Waals surface area contributed by atoms with Crippen LogP contribution >= 0.6 is 11.6 Å². The maximum Gasteiger partial charge on any atom is 0.106 e. The van der Waals surface area contributed by atoms with E-state index in [2.05, 4.69) is 13.0 Å². The molecule has 1 nitrogen and oxygen atoms in total. The van der Waals surface area contributed by atoms with Crippen molar-refractivity contribution in [3.05, 3.63) is 69.7 Å². The normalized spacial score (nSPS) is 12.4. The van der Waals surface area contributed by atoms with Crippen molar-refractivity contribution >= 4 is 11.6 Å². The van der Waals surface area contributed by atoms with E-state index in [-0.39, 0.29) is 0 Å². The fourth-order valence-corrected chi connectivity index (χ4v) is 2.27. The van der Waals surface area contributed by atoms with E-state index < -0.39 is 6.10 Å². The molecular formula is C16H17ClO. The molecule has 1 N–H and O–H groups in total. The summed E-state index contributed by atoms with van der Waals surface area (Å²) in [7, 11) is 0. The van der Waals surface area contributed by atoms with Gasteiger partial charge < -0.3 is 5.11 Å². The van der Waals surface area contributed by atoms with Crippen LogP contribution in [0.4, 0.5) is 0 Å². The van der Waals surface area contributed by atoms with Crippen LogP contribution in [0.3, 0.4) is 0 Å². The number of hydrogen-bond acceptors (Lipinski definition) is 1. The number of halogens is 1. The van der Waals surface area contributed by atoms with Crippen LogP contribution in [0.2, 0.25) is 5.02 Å². The van der Waals surface area contributed by atoms with Crippen LogP contribution < -0.4 is 0 Å². The molecule has 0 saturated heterocycles. The Balaban J connectivity index is 2.41. The van der Waals surface area contributed by atoms with Gasteiger partial charge in [-0.3, -0.25) is 0 Å². The van der Waals surface area contributed by atoms with E-state index in [1.165, 1.54) is 5.56 Å². The van der Waals surface area contributed by atoms with Gasteiger partial charge in [-0.15, -0.1) is 0 Å². The van der Waals surface area contributed by atoms with E-state index in [0.717, 1.165) is 23.1 Å². The van der Waals surface area contributed by atoms with Gasteiger partial charge in [-0.25, -0.2) is 0 Å². The highest BCUT2D eigenvalue weighted by Gasteiger charge is 2.14. The van der Waals surface area contributed by atoms with Crippen molar-refractivity contribution < 1.29 is 5.11 Å². The minimum atomic E-state index is -0.663. The number of aliphatic hydroxyl groups excluding tert-OH is 1. The van der Waals surface area contributed by atoms with Crippen LogP contribution in [-0.2, 0) is 6.42 Å². The average molecular weight is 261 g/mol. The first-order valence-corrected chi connectivity index (χ1v) is 6.53. The van der Waals surface area contributed by atoms with E-state index >= 15 is 0 Å². The molecule has 18 heavy (non-hydrogen) atoms. The topological polar surface area (TPSA) is 20.2 Å². The zero-order chi connectivity index (χ0) is 13.1. The molecule has 94 valence electrons. The molecule has 0 spiro atoms. The van der Waals surface area contributed by atoms with Crippen molar-refractivity contribution in [3.63, 3.8) is 0 Å². The second kappa shape index (κ2) is 5.55. The quantitative estimate of drug-likeness (QED) is 0.873. The Morgan fingerprint density at radius 1 is 1.17 bits per heavy atom. The van der Waals surface area contributed by atoms with E-state index in [4.69, 9.17) is 11.6 Å². The van der Waals surface area contributed by atoms with Gasteiger partial charge in [-0.2, -0.15) is 0 Å². The molecule has 2 heteroatoms. The van der Waals surface area contributed by atoms with E-state index in [9.17, 15) is 5.11 Å². The van der Waals surface area contributed by atoms with Crippen molar-refractivity contribution in [2.45, 2.75) is 26.4 Å². The monoisotopic (exact) mass is 260 g/mol. The Bertz CT molecular complexity index is 549. The highest BCUT2D eigenvalue weighted by atomic mass is 35.5. The highest BCUT2D eigenvalue weighted by Crippen LogP contribution is 2.30. The molecule has 0 heterocycles. The molecule has 0 fully saturated rings. The van der Waals surface area contributed by atoms with Gasteiger partial charge in [0, 0.05) is 10.6 Å². The lowest BCUT2D eigenvalue weighted by Crippen LogP contribution is -2.02. The van der Waals surface area contributed by atoms with Gasteiger partial charge in [0.05, 0.1) is 0 Å². The molecule has 0 aliphatic carbocycles. The summed E-state index contributed by atoms with van der Waals surface area (Å²) < 4.78 is 0. The highest BCUT2D eigenvalue weighted by molar-refractivity contribution is 6.32. The fraction of sp³-hybridized carbons (Fsp3) is 0.250. The van der Waals surface area contributed by atoms with Crippen LogP contribution in [0.25, 0.3) is 0 Å². The summed E-state index contributed by atoms with van der Waals surface area (Å²) in [5.41, 5.74) is 3.86. The number of hydrogen-bond donors (Lipinski definition) is 1. The van der Waals surface area contributed by atoms with E-state index in [1.54, 1.807) is 0 Å². The third-order valence-corrected chi connectivity index (χ3v) is 3.71. The molecule has 0 aliphatic rings. The summed E-state index contributed by atoms with van der Waals surface area (Å²) in [6, 6.07) is 13.7. The third kappa shape index (κ3) is 2.58. The molecule has 0 bridgehead atoms. The Hall–Kier alpha value is -1.31. The summed E-state index contributed by atoms with van der Waals surface area (Å²) in [6.07, 6.45) is 0.297. The van der Waals surface area contributed by atoms with Crippen LogP contribution in [0.5, 0.6) is 0 Å². The van der Waals surface area contributed by atoms with Crippen molar-refractivity contribution in [1.29, 1.82) is 0 Å². The fourth-order valence-electron chi connectivity index (χ4n) is 2.04. The molecular weight excluding hydrogens is 244 g/mol. The van der Waals surface area contributed by atoms with Crippen molar-refractivity contribution in [2.75, 3.05) is 0 Å². The molecule has 0 amide bonds. The number of rotatable bonds is 3. The number of aliphatic hydroxyl groups is 1. The van der Waals surface area contributed by atoms with Gasteiger partial charge in [0.1, 0.15) is 6.10 Å². The zero-order valence-electron chi connectivity index (χ0n) is 10.7. The van der Waals surface area contributed by atoms with Crippen LogP contribution in [-0.4, -0.2) is 5.11 Å². The zero-order valence-corrected chi connectivity index (χ0v) is 11.4. The second-order valence-electron chi connectivity index (χ2n) is 4.48. The maximum atomic E-state index is 10.4. The first kappa shape index (κ1) is 13.1. The summed E-state index contributed by atoms with van der Waals surface area (Å²) in [4.78, 5) is 0. The average Bonchev–Trinajstić information content (AvgIpc) is 2.41. The Labute approximate surface area is 113 Å².